The number of benzene rings is 2. The molecular weight excluding hydrogens is 248 g/mol. The predicted octanol–water partition coefficient (Wildman–Crippen LogP) is 3.96. The van der Waals surface area contributed by atoms with E-state index in [-0.39, 0.29) is 5.91 Å². The first-order chi connectivity index (χ1) is 9.67. The number of anilines is 1. The number of aliphatic imine (C=N–C) groups is 1. The van der Waals surface area contributed by atoms with Crippen LogP contribution >= 0.6 is 0 Å². The summed E-state index contributed by atoms with van der Waals surface area (Å²) in [6.45, 7) is 3.63. The molecule has 0 aliphatic heterocycles. The molecule has 0 radical (unpaired) electrons. The Balaban J connectivity index is 2.04. The zero-order valence-corrected chi connectivity index (χ0v) is 11.8. The van der Waals surface area contributed by atoms with Crippen molar-refractivity contribution >= 4 is 23.5 Å². The fraction of sp³-hybridized carbons (Fsp3) is 0.176. The first-order valence-corrected chi connectivity index (χ1v) is 6.68. The van der Waals surface area contributed by atoms with E-state index in [0.717, 1.165) is 23.4 Å². The normalized spacial score (nSPS) is 10.7. The fourth-order valence-corrected chi connectivity index (χ4v) is 1.82. The van der Waals surface area contributed by atoms with Gasteiger partial charge in [-0.1, -0.05) is 31.2 Å². The minimum Gasteiger partial charge on any atom is -0.326 e. The molecule has 2 rings (SSSR count). The third-order valence-corrected chi connectivity index (χ3v) is 2.94. The van der Waals surface area contributed by atoms with Crippen molar-refractivity contribution in [1.29, 1.82) is 0 Å². The Morgan fingerprint density at radius 2 is 1.75 bits per heavy atom. The Morgan fingerprint density at radius 3 is 2.30 bits per heavy atom. The number of carbonyl (C=O) groups excluding carboxylic acids is 1. The number of aryl methyl sites for hydroxylation is 1. The number of hydrogen-bond acceptors (Lipinski definition) is 2. The fourth-order valence-electron chi connectivity index (χ4n) is 1.82. The molecule has 0 bridgehead atoms. The lowest BCUT2D eigenvalue weighted by atomic mass is 10.1. The van der Waals surface area contributed by atoms with Gasteiger partial charge in [-0.2, -0.15) is 0 Å². The molecular formula is C17H18N2O. The SMILES string of the molecule is CCc1ccc(C=Nc2ccc(NC(C)=O)cc2)cc1. The van der Waals surface area contributed by atoms with E-state index in [0.29, 0.717) is 0 Å². The zero-order valence-electron chi connectivity index (χ0n) is 11.8. The third kappa shape index (κ3) is 4.05. The molecule has 2 aromatic carbocycles. The van der Waals surface area contributed by atoms with E-state index >= 15 is 0 Å². The first kappa shape index (κ1) is 14.0. The highest BCUT2D eigenvalue weighted by molar-refractivity contribution is 5.89. The maximum Gasteiger partial charge on any atom is 0.221 e. The second kappa shape index (κ2) is 6.66. The monoisotopic (exact) mass is 266 g/mol. The summed E-state index contributed by atoms with van der Waals surface area (Å²) >= 11 is 0. The van der Waals surface area contributed by atoms with E-state index in [2.05, 4.69) is 41.5 Å². The predicted molar refractivity (Wildman–Crippen MR) is 83.8 cm³/mol. The van der Waals surface area contributed by atoms with Crippen molar-refractivity contribution in [2.24, 2.45) is 4.99 Å². The Bertz CT molecular complexity index is 598. The van der Waals surface area contributed by atoms with Gasteiger partial charge in [0.05, 0.1) is 5.69 Å². The summed E-state index contributed by atoms with van der Waals surface area (Å²) in [5.74, 6) is -0.0720. The summed E-state index contributed by atoms with van der Waals surface area (Å²) in [6.07, 6.45) is 2.88. The van der Waals surface area contributed by atoms with Gasteiger partial charge < -0.3 is 5.32 Å². The maximum absolute atomic E-state index is 10.9. The van der Waals surface area contributed by atoms with Gasteiger partial charge in [-0.05, 0) is 41.8 Å². The molecule has 0 aliphatic rings. The number of amides is 1. The summed E-state index contributed by atoms with van der Waals surface area (Å²) in [6, 6.07) is 15.8. The lowest BCUT2D eigenvalue weighted by Crippen LogP contribution is -2.04. The molecule has 0 heterocycles. The zero-order chi connectivity index (χ0) is 14.4. The molecule has 2 aromatic rings. The molecule has 20 heavy (non-hydrogen) atoms. The van der Waals surface area contributed by atoms with E-state index in [9.17, 15) is 4.79 Å². The maximum atomic E-state index is 10.9. The van der Waals surface area contributed by atoms with E-state index in [4.69, 9.17) is 0 Å². The minimum atomic E-state index is -0.0720. The van der Waals surface area contributed by atoms with Crippen LogP contribution in [0.3, 0.4) is 0 Å². The number of hydrogen-bond donors (Lipinski definition) is 1. The van der Waals surface area contributed by atoms with Crippen LogP contribution in [-0.2, 0) is 11.2 Å². The second-order valence-corrected chi connectivity index (χ2v) is 4.58. The van der Waals surface area contributed by atoms with E-state index in [1.165, 1.54) is 12.5 Å². The third-order valence-electron chi connectivity index (χ3n) is 2.94. The van der Waals surface area contributed by atoms with Crippen LogP contribution in [0.15, 0.2) is 53.5 Å². The van der Waals surface area contributed by atoms with Gasteiger partial charge in [-0.3, -0.25) is 9.79 Å². The minimum absolute atomic E-state index is 0.0720. The standard InChI is InChI=1S/C17H18N2O/c1-3-14-4-6-15(7-5-14)12-18-16-8-10-17(11-9-16)19-13(2)20/h4-12H,3H2,1-2H3,(H,19,20). The van der Waals surface area contributed by atoms with E-state index in [1.807, 2.05) is 30.5 Å². The van der Waals surface area contributed by atoms with Crippen LogP contribution < -0.4 is 5.32 Å². The summed E-state index contributed by atoms with van der Waals surface area (Å²) in [5.41, 5.74) is 4.04. The van der Waals surface area contributed by atoms with Crippen LogP contribution in [0, 0.1) is 0 Å². The van der Waals surface area contributed by atoms with Crippen molar-refractivity contribution < 1.29 is 4.79 Å². The van der Waals surface area contributed by atoms with E-state index in [1.54, 1.807) is 0 Å². The summed E-state index contributed by atoms with van der Waals surface area (Å²) < 4.78 is 0. The van der Waals surface area contributed by atoms with Crippen LogP contribution in [0.1, 0.15) is 25.0 Å². The van der Waals surface area contributed by atoms with Gasteiger partial charge in [0.25, 0.3) is 0 Å². The van der Waals surface area contributed by atoms with Gasteiger partial charge in [-0.15, -0.1) is 0 Å². The molecule has 3 nitrogen and oxygen atoms in total. The highest BCUT2D eigenvalue weighted by atomic mass is 16.1. The molecule has 0 fully saturated rings. The molecule has 0 spiro atoms. The highest BCUT2D eigenvalue weighted by Gasteiger charge is 1.95. The molecule has 3 heteroatoms. The van der Waals surface area contributed by atoms with Crippen molar-refractivity contribution in [3.8, 4) is 0 Å². The average molecular weight is 266 g/mol. The quantitative estimate of drug-likeness (QED) is 0.836. The van der Waals surface area contributed by atoms with Crippen LogP contribution in [-0.4, -0.2) is 12.1 Å². The number of carbonyl (C=O) groups is 1. The molecule has 0 aliphatic carbocycles. The van der Waals surface area contributed by atoms with E-state index < -0.39 is 0 Å². The smallest absolute Gasteiger partial charge is 0.221 e. The summed E-state index contributed by atoms with van der Waals surface area (Å²) in [5, 5.41) is 2.73. The van der Waals surface area contributed by atoms with Crippen molar-refractivity contribution in [3.63, 3.8) is 0 Å². The lowest BCUT2D eigenvalue weighted by molar-refractivity contribution is -0.114. The average Bonchev–Trinajstić information content (AvgIpc) is 2.46. The molecule has 0 saturated heterocycles. The van der Waals surface area contributed by atoms with Crippen molar-refractivity contribution in [2.45, 2.75) is 20.3 Å². The van der Waals surface area contributed by atoms with Gasteiger partial charge in [0.2, 0.25) is 5.91 Å². The van der Waals surface area contributed by atoms with Crippen molar-refractivity contribution in [3.05, 3.63) is 59.7 Å². The van der Waals surface area contributed by atoms with Gasteiger partial charge in [0.15, 0.2) is 0 Å². The van der Waals surface area contributed by atoms with Crippen molar-refractivity contribution in [1.82, 2.24) is 0 Å². The van der Waals surface area contributed by atoms with Crippen LogP contribution in [0.5, 0.6) is 0 Å². The Kier molecular flexibility index (Phi) is 4.66. The second-order valence-electron chi connectivity index (χ2n) is 4.58. The summed E-state index contributed by atoms with van der Waals surface area (Å²) in [7, 11) is 0. The van der Waals surface area contributed by atoms with Crippen LogP contribution in [0.25, 0.3) is 0 Å². The largest absolute Gasteiger partial charge is 0.326 e. The Morgan fingerprint density at radius 1 is 1.10 bits per heavy atom. The van der Waals surface area contributed by atoms with Gasteiger partial charge in [0, 0.05) is 18.8 Å². The highest BCUT2D eigenvalue weighted by Crippen LogP contribution is 2.16. The van der Waals surface area contributed by atoms with Crippen molar-refractivity contribution in [2.75, 3.05) is 5.32 Å². The molecule has 1 N–H and O–H groups in total. The van der Waals surface area contributed by atoms with Gasteiger partial charge in [0.1, 0.15) is 0 Å². The van der Waals surface area contributed by atoms with Crippen LogP contribution in [0.2, 0.25) is 0 Å². The number of nitrogens with zero attached hydrogens (tertiary/aromatic N) is 1. The molecule has 0 atom stereocenters. The topological polar surface area (TPSA) is 41.5 Å². The summed E-state index contributed by atoms with van der Waals surface area (Å²) in [4.78, 5) is 15.3. The number of rotatable bonds is 4. The van der Waals surface area contributed by atoms with Gasteiger partial charge in [-0.25, -0.2) is 0 Å². The number of nitrogens with one attached hydrogen (secondary N) is 1. The Hall–Kier alpha value is -2.42. The molecule has 0 unspecified atom stereocenters. The Labute approximate surface area is 119 Å². The molecule has 1 amide bonds. The lowest BCUT2D eigenvalue weighted by Gasteiger charge is -2.01. The first-order valence-electron chi connectivity index (χ1n) is 6.68. The molecule has 0 aromatic heterocycles. The molecule has 0 saturated carbocycles. The van der Waals surface area contributed by atoms with Gasteiger partial charge >= 0.3 is 0 Å². The van der Waals surface area contributed by atoms with Crippen LogP contribution in [0.4, 0.5) is 11.4 Å². The molecule has 102 valence electrons.